The van der Waals surface area contributed by atoms with Crippen molar-refractivity contribution in [1.29, 1.82) is 0 Å². The van der Waals surface area contributed by atoms with E-state index >= 15 is 0 Å². The van der Waals surface area contributed by atoms with Gasteiger partial charge in [-0.05, 0) is 67.1 Å². The Morgan fingerprint density at radius 3 is 2.00 bits per heavy atom. The number of rotatable bonds is 15. The van der Waals surface area contributed by atoms with Crippen LogP contribution in [0, 0.1) is 6.92 Å². The lowest BCUT2D eigenvalue weighted by Crippen LogP contribution is -2.36. The number of aliphatic carboxylic acids is 1. The van der Waals surface area contributed by atoms with E-state index in [1.165, 1.54) is 0 Å². The highest BCUT2D eigenvalue weighted by Gasteiger charge is 2.40. The molecule has 2 aliphatic heterocycles. The van der Waals surface area contributed by atoms with Crippen LogP contribution in [0.5, 0.6) is 11.5 Å². The highest BCUT2D eigenvalue weighted by atomic mass is 16.6. The fraction of sp³-hybridized carbons (Fsp3) is 0.432. The van der Waals surface area contributed by atoms with Crippen molar-refractivity contribution in [2.45, 2.75) is 63.4 Å². The molecule has 15 heteroatoms. The highest BCUT2D eigenvalue weighted by Crippen LogP contribution is 2.42. The molecule has 6 rings (SSSR count). The Morgan fingerprint density at radius 1 is 0.949 bits per heavy atom. The minimum atomic E-state index is -0.940. The maximum absolute atomic E-state index is 13.2. The zero-order valence-electron chi connectivity index (χ0n) is 34.8. The standard InChI is InChI=1S/C36H40N4O5.C4H6O3.C3H8O2.CH4O/c1-25-23-40(35(41)38-34(25)37-32-11-8-22-39(32)2)33-21-20-31(45-33)24-44-36(26-9-6-5-7-10-26,27-12-16-29(42-3)17-13-27)28-14-18-30(43-4)19-15-28;5-3-1-2-4(6)7;1-5-3-2-4;1-2/h5-7,9-10,12-19,23,31,33H,8,11,20-22,24H2,1-4H3;3H,1-2H2,(H,6,7);4H,2-3H2,1H3;2H,1H3. The summed E-state index contributed by atoms with van der Waals surface area (Å²) < 4.78 is 30.4. The molecule has 0 spiro atoms. The van der Waals surface area contributed by atoms with Crippen LogP contribution in [0.4, 0.5) is 5.82 Å². The molecule has 3 heterocycles. The first-order chi connectivity index (χ1) is 28.6. The molecule has 3 N–H and O–H groups in total. The largest absolute Gasteiger partial charge is 0.497 e. The maximum Gasteiger partial charge on any atom is 0.351 e. The molecule has 0 aliphatic carbocycles. The van der Waals surface area contributed by atoms with Crippen LogP contribution >= 0.6 is 0 Å². The lowest BCUT2D eigenvalue weighted by atomic mass is 9.80. The topological polar surface area (TPSA) is 191 Å². The van der Waals surface area contributed by atoms with E-state index in [0.717, 1.165) is 72.5 Å². The molecule has 2 aliphatic rings. The molecule has 2 fully saturated rings. The number of carbonyl (C=O) groups is 2. The number of likely N-dealkylation sites (tertiary alicyclic amines) is 1. The number of ether oxygens (including phenoxy) is 5. The number of aryl methyl sites for hydroxylation is 1. The maximum atomic E-state index is 13.2. The first-order valence-corrected chi connectivity index (χ1v) is 19.3. The second-order valence-electron chi connectivity index (χ2n) is 13.4. The van der Waals surface area contributed by atoms with Crippen LogP contribution < -0.4 is 15.2 Å². The molecule has 2 atom stereocenters. The summed E-state index contributed by atoms with van der Waals surface area (Å²) in [4.78, 5) is 43.3. The number of nitrogens with zero attached hydrogens (tertiary/aromatic N) is 4. The van der Waals surface area contributed by atoms with Crippen LogP contribution in [0.25, 0.3) is 0 Å². The van der Waals surface area contributed by atoms with E-state index in [1.54, 1.807) is 25.9 Å². The molecule has 0 saturated carbocycles. The molecule has 2 saturated heterocycles. The van der Waals surface area contributed by atoms with Crippen LogP contribution in [0.15, 0.2) is 94.8 Å². The Hall–Kier alpha value is -5.45. The third-order valence-electron chi connectivity index (χ3n) is 9.50. The van der Waals surface area contributed by atoms with Crippen molar-refractivity contribution >= 4 is 23.9 Å². The van der Waals surface area contributed by atoms with Gasteiger partial charge in [0.15, 0.2) is 5.82 Å². The lowest BCUT2D eigenvalue weighted by molar-refractivity contribution is -0.137. The third-order valence-corrected chi connectivity index (χ3v) is 9.50. The first kappa shape index (κ1) is 47.9. The van der Waals surface area contributed by atoms with Crippen molar-refractivity contribution in [3.05, 3.63) is 118 Å². The van der Waals surface area contributed by atoms with E-state index in [1.807, 2.05) is 86.9 Å². The SMILES string of the molecule is CO.COCCO.COc1ccc(C(OCC2CCC(n3cc(C)c(N=C4CCCN4C)nc3=O)O2)(c2ccccc2)c2ccc(OC)cc2)cc1.O=CCCC(=O)O. The molecule has 320 valence electrons. The summed E-state index contributed by atoms with van der Waals surface area (Å²) in [5.41, 5.74) is 2.43. The molecule has 59 heavy (non-hydrogen) atoms. The molecule has 0 radical (unpaired) electrons. The number of aliphatic hydroxyl groups is 2. The van der Waals surface area contributed by atoms with Gasteiger partial charge in [-0.25, -0.2) is 9.79 Å². The van der Waals surface area contributed by atoms with Gasteiger partial charge in [0.25, 0.3) is 0 Å². The number of carbonyl (C=O) groups excluding carboxylic acids is 1. The van der Waals surface area contributed by atoms with Crippen LogP contribution in [-0.4, -0.2) is 116 Å². The smallest absolute Gasteiger partial charge is 0.351 e. The number of carboxylic acid groups (broad SMARTS) is 1. The summed E-state index contributed by atoms with van der Waals surface area (Å²) in [6.45, 7) is 3.78. The third kappa shape index (κ3) is 13.5. The van der Waals surface area contributed by atoms with Crippen molar-refractivity contribution in [2.24, 2.45) is 4.99 Å². The Kier molecular flexibility index (Phi) is 20.4. The number of aldehydes is 1. The van der Waals surface area contributed by atoms with Crippen molar-refractivity contribution in [3.63, 3.8) is 0 Å². The Morgan fingerprint density at radius 2 is 1.54 bits per heavy atom. The van der Waals surface area contributed by atoms with Crippen LogP contribution in [-0.2, 0) is 29.4 Å². The van der Waals surface area contributed by atoms with Gasteiger partial charge >= 0.3 is 11.7 Å². The summed E-state index contributed by atoms with van der Waals surface area (Å²) in [7, 11) is 7.89. The Balaban J connectivity index is 0.000000576. The van der Waals surface area contributed by atoms with Gasteiger partial charge in [-0.2, -0.15) is 4.98 Å². The number of carboxylic acids is 1. The summed E-state index contributed by atoms with van der Waals surface area (Å²) >= 11 is 0. The number of methoxy groups -OCH3 is 3. The molecular weight excluding hydrogens is 761 g/mol. The van der Waals surface area contributed by atoms with Gasteiger partial charge in [0.2, 0.25) is 0 Å². The van der Waals surface area contributed by atoms with Crippen LogP contribution in [0.2, 0.25) is 0 Å². The zero-order valence-corrected chi connectivity index (χ0v) is 34.8. The van der Waals surface area contributed by atoms with Gasteiger partial charge < -0.3 is 48.7 Å². The lowest BCUT2D eigenvalue weighted by Gasteiger charge is -2.37. The highest BCUT2D eigenvalue weighted by molar-refractivity contribution is 5.86. The van der Waals surface area contributed by atoms with Gasteiger partial charge in [0.1, 0.15) is 35.4 Å². The molecular formula is C44H58N4O11. The van der Waals surface area contributed by atoms with Gasteiger partial charge in [-0.1, -0.05) is 54.6 Å². The number of amidine groups is 1. The number of aliphatic imine (C=N–C) groups is 1. The Bertz CT molecular complexity index is 1890. The fourth-order valence-corrected chi connectivity index (χ4v) is 6.52. The van der Waals surface area contributed by atoms with E-state index in [2.05, 4.69) is 31.7 Å². The van der Waals surface area contributed by atoms with Crippen molar-refractivity contribution in [1.82, 2.24) is 14.5 Å². The summed E-state index contributed by atoms with van der Waals surface area (Å²) in [6, 6.07) is 26.1. The predicted octanol–water partition coefficient (Wildman–Crippen LogP) is 5.29. The zero-order chi connectivity index (χ0) is 43.2. The molecule has 0 bridgehead atoms. The number of aliphatic hydroxyl groups excluding tert-OH is 2. The van der Waals surface area contributed by atoms with Crippen LogP contribution in [0.3, 0.4) is 0 Å². The molecule has 2 unspecified atom stereocenters. The monoisotopic (exact) mass is 818 g/mol. The summed E-state index contributed by atoms with van der Waals surface area (Å²) in [5, 5.41) is 22.8. The number of aromatic nitrogens is 2. The van der Waals surface area contributed by atoms with Gasteiger partial charge in [0, 0.05) is 52.4 Å². The van der Waals surface area contributed by atoms with Gasteiger partial charge in [-0.15, -0.1) is 0 Å². The van der Waals surface area contributed by atoms with Crippen molar-refractivity contribution in [3.8, 4) is 11.5 Å². The minimum Gasteiger partial charge on any atom is -0.497 e. The molecule has 4 aromatic rings. The second-order valence-corrected chi connectivity index (χ2v) is 13.4. The molecule has 1 aromatic heterocycles. The quantitative estimate of drug-likeness (QED) is 0.104. The van der Waals surface area contributed by atoms with E-state index in [4.69, 9.17) is 34.3 Å². The first-order valence-electron chi connectivity index (χ1n) is 19.3. The average molecular weight is 819 g/mol. The molecule has 3 aromatic carbocycles. The molecule has 0 amide bonds. The normalized spacial score (nSPS) is 16.5. The van der Waals surface area contributed by atoms with E-state index < -0.39 is 17.8 Å². The van der Waals surface area contributed by atoms with E-state index in [-0.39, 0.29) is 31.2 Å². The van der Waals surface area contributed by atoms with Gasteiger partial charge in [-0.3, -0.25) is 9.36 Å². The summed E-state index contributed by atoms with van der Waals surface area (Å²) in [5.74, 6) is 2.04. The van der Waals surface area contributed by atoms with E-state index in [0.29, 0.717) is 31.7 Å². The minimum absolute atomic E-state index is 0.0521. The average Bonchev–Trinajstić information content (AvgIpc) is 3.92. The van der Waals surface area contributed by atoms with Crippen molar-refractivity contribution < 1.29 is 48.6 Å². The predicted molar refractivity (Wildman–Crippen MR) is 224 cm³/mol. The molecule has 15 nitrogen and oxygen atoms in total. The van der Waals surface area contributed by atoms with Gasteiger partial charge in [0.05, 0.1) is 46.6 Å². The van der Waals surface area contributed by atoms with Crippen LogP contribution in [0.1, 0.15) is 67.0 Å². The number of hydrogen-bond acceptors (Lipinski definition) is 12. The second kappa shape index (κ2) is 25.1. The number of hydrogen-bond donors (Lipinski definition) is 3. The Labute approximate surface area is 345 Å². The fourth-order valence-electron chi connectivity index (χ4n) is 6.52. The summed E-state index contributed by atoms with van der Waals surface area (Å²) in [6.07, 6.45) is 5.19. The van der Waals surface area contributed by atoms with Crippen molar-refractivity contribution in [2.75, 3.05) is 61.9 Å². The number of benzene rings is 3. The van der Waals surface area contributed by atoms with E-state index in [9.17, 15) is 14.4 Å².